The number of amides is 3. The van der Waals surface area contributed by atoms with E-state index in [0.29, 0.717) is 25.1 Å². The van der Waals surface area contributed by atoms with Crippen molar-refractivity contribution in [3.05, 3.63) is 67.8 Å². The molecular weight excluding hydrogens is 598 g/mol. The number of rotatable bonds is 11. The van der Waals surface area contributed by atoms with E-state index < -0.39 is 35.6 Å². The van der Waals surface area contributed by atoms with Crippen molar-refractivity contribution < 1.29 is 24.2 Å². The van der Waals surface area contributed by atoms with Crippen LogP contribution >= 0.6 is 15.9 Å². The maximum Gasteiger partial charge on any atom is 0.253 e. The Kier molecular flexibility index (Phi) is 8.65. The van der Waals surface area contributed by atoms with Gasteiger partial charge in [0.2, 0.25) is 11.8 Å². The molecule has 3 amide bonds. The van der Waals surface area contributed by atoms with Crippen molar-refractivity contribution in [2.45, 2.75) is 55.3 Å². The summed E-state index contributed by atoms with van der Waals surface area (Å²) in [6.07, 6.45) is 3.85. The minimum absolute atomic E-state index is 0.0902. The van der Waals surface area contributed by atoms with Crippen molar-refractivity contribution in [3.63, 3.8) is 0 Å². The van der Waals surface area contributed by atoms with Crippen LogP contribution in [0.5, 0.6) is 0 Å². The van der Waals surface area contributed by atoms with E-state index in [0.717, 1.165) is 10.8 Å². The molecule has 8 nitrogen and oxygen atoms in total. The zero-order valence-corrected chi connectivity index (χ0v) is 26.1. The maximum atomic E-state index is 14.9. The fraction of sp³-hybridized carbons (Fsp3) is 0.485. The van der Waals surface area contributed by atoms with E-state index in [-0.39, 0.29) is 41.6 Å². The first-order valence-electron chi connectivity index (χ1n) is 14.7. The van der Waals surface area contributed by atoms with Crippen LogP contribution < -0.4 is 4.90 Å². The second-order valence-electron chi connectivity index (χ2n) is 11.8. The summed E-state index contributed by atoms with van der Waals surface area (Å²) < 4.78 is 6.70. The number of alkyl halides is 1. The number of anilines is 1. The zero-order valence-electron chi connectivity index (χ0n) is 24.5. The van der Waals surface area contributed by atoms with E-state index in [9.17, 15) is 19.5 Å². The van der Waals surface area contributed by atoms with E-state index in [2.05, 4.69) is 29.1 Å². The van der Waals surface area contributed by atoms with Gasteiger partial charge in [0.25, 0.3) is 5.91 Å². The maximum absolute atomic E-state index is 14.9. The van der Waals surface area contributed by atoms with Crippen molar-refractivity contribution in [1.29, 1.82) is 0 Å². The molecule has 0 aliphatic carbocycles. The van der Waals surface area contributed by atoms with Gasteiger partial charge in [-0.25, -0.2) is 0 Å². The molecule has 3 heterocycles. The molecule has 0 saturated carbocycles. The first-order valence-corrected chi connectivity index (χ1v) is 15.6. The molecule has 3 aliphatic rings. The van der Waals surface area contributed by atoms with Gasteiger partial charge in [-0.05, 0) is 35.2 Å². The number of ether oxygens (including phenoxy) is 1. The predicted molar refractivity (Wildman–Crippen MR) is 167 cm³/mol. The summed E-state index contributed by atoms with van der Waals surface area (Å²) in [5, 5.41) is 12.7. The molecule has 3 unspecified atom stereocenters. The highest BCUT2D eigenvalue weighted by molar-refractivity contribution is 9.09. The third kappa shape index (κ3) is 4.70. The molecule has 3 fully saturated rings. The lowest BCUT2D eigenvalue weighted by Crippen LogP contribution is -2.60. The van der Waals surface area contributed by atoms with Crippen LogP contribution in [0.4, 0.5) is 5.69 Å². The molecule has 224 valence electrons. The SMILES string of the molecule is C=CCN(C)C(=O)[C@H]1[C@H]2C(=O)N([C@@H](CO)[C@@H](C)CC)C(C(=O)N(CC=C)c3ccc4ccccc4c3)C23CC(Br)[C@@H]1O3. The van der Waals surface area contributed by atoms with Gasteiger partial charge in [-0.2, -0.15) is 0 Å². The molecule has 3 saturated heterocycles. The number of halogens is 1. The molecule has 2 aromatic rings. The standard InChI is InChI=1S/C33H40BrN3O5/c1-6-15-35(5)30(39)26-27-31(40)37(25(19-38)20(4)8-3)29(33(27)18-24(34)28(26)42-33)32(41)36(16-7-2)23-14-13-21-11-9-10-12-22(21)17-23/h6-7,9-14,17,20,24-29,38H,1-2,8,15-16,18-19H2,3-5H3/t20-,24?,25-,26-,27-,28-,29?,33?/m0/s1. The van der Waals surface area contributed by atoms with Gasteiger partial charge in [0.1, 0.15) is 11.6 Å². The third-order valence-corrected chi connectivity index (χ3v) is 10.3. The molecule has 9 heteroatoms. The van der Waals surface area contributed by atoms with E-state index >= 15 is 0 Å². The summed E-state index contributed by atoms with van der Waals surface area (Å²) >= 11 is 3.74. The van der Waals surface area contributed by atoms with Crippen LogP contribution in [0.15, 0.2) is 67.8 Å². The number of aliphatic hydroxyl groups is 1. The summed E-state index contributed by atoms with van der Waals surface area (Å²) in [5.74, 6) is -2.52. The number of hydrogen-bond donors (Lipinski definition) is 1. The number of nitrogens with zero attached hydrogens (tertiary/aromatic N) is 3. The van der Waals surface area contributed by atoms with Crippen molar-refractivity contribution in [2.75, 3.05) is 31.6 Å². The molecule has 1 N–H and O–H groups in total. The summed E-state index contributed by atoms with van der Waals surface area (Å²) in [4.78, 5) is 47.8. The van der Waals surface area contributed by atoms with E-state index in [1.807, 2.05) is 56.3 Å². The van der Waals surface area contributed by atoms with Crippen molar-refractivity contribution in [2.24, 2.45) is 17.8 Å². The summed E-state index contributed by atoms with van der Waals surface area (Å²) in [7, 11) is 1.69. The zero-order chi connectivity index (χ0) is 30.3. The van der Waals surface area contributed by atoms with E-state index in [4.69, 9.17) is 4.74 Å². The van der Waals surface area contributed by atoms with Gasteiger partial charge in [-0.15, -0.1) is 13.2 Å². The van der Waals surface area contributed by atoms with Crippen LogP contribution in [0, 0.1) is 17.8 Å². The Balaban J connectivity index is 1.64. The smallest absolute Gasteiger partial charge is 0.253 e. The minimum Gasteiger partial charge on any atom is -0.394 e. The largest absolute Gasteiger partial charge is 0.394 e. The lowest BCUT2D eigenvalue weighted by molar-refractivity contribution is -0.147. The Bertz CT molecular complexity index is 1400. The number of benzene rings is 2. The topological polar surface area (TPSA) is 90.4 Å². The van der Waals surface area contributed by atoms with Crippen molar-refractivity contribution in [3.8, 4) is 0 Å². The van der Waals surface area contributed by atoms with Crippen LogP contribution in [0.1, 0.15) is 26.7 Å². The van der Waals surface area contributed by atoms with Crippen LogP contribution in [-0.4, -0.2) is 88.0 Å². The number of carbonyl (C=O) groups excluding carboxylic acids is 3. The lowest BCUT2D eigenvalue weighted by Gasteiger charge is -2.41. The van der Waals surface area contributed by atoms with Gasteiger partial charge in [-0.1, -0.05) is 78.7 Å². The molecule has 1 spiro atoms. The Morgan fingerprint density at radius 1 is 1.17 bits per heavy atom. The summed E-state index contributed by atoms with van der Waals surface area (Å²) in [6.45, 7) is 11.9. The fourth-order valence-corrected chi connectivity index (χ4v) is 8.23. The second kappa shape index (κ2) is 11.9. The monoisotopic (exact) mass is 637 g/mol. The number of hydrogen-bond acceptors (Lipinski definition) is 5. The number of likely N-dealkylation sites (N-methyl/N-ethyl adjacent to an activating group) is 1. The molecule has 42 heavy (non-hydrogen) atoms. The third-order valence-electron chi connectivity index (χ3n) is 9.49. The van der Waals surface area contributed by atoms with Crippen LogP contribution in [0.25, 0.3) is 10.8 Å². The van der Waals surface area contributed by atoms with Gasteiger partial charge in [0, 0.05) is 30.7 Å². The highest BCUT2D eigenvalue weighted by Gasteiger charge is 2.77. The molecule has 5 rings (SSSR count). The fourth-order valence-electron chi connectivity index (χ4n) is 7.28. The lowest BCUT2D eigenvalue weighted by atomic mass is 9.70. The number of carbonyl (C=O) groups is 3. The molecule has 0 radical (unpaired) electrons. The molecular formula is C33H40BrN3O5. The van der Waals surface area contributed by atoms with Crippen LogP contribution in [0.2, 0.25) is 0 Å². The highest BCUT2D eigenvalue weighted by atomic mass is 79.9. The number of fused-ring (bicyclic) bond motifs is 2. The van der Waals surface area contributed by atoms with Crippen LogP contribution in [-0.2, 0) is 19.1 Å². The molecule has 2 bridgehead atoms. The predicted octanol–water partition coefficient (Wildman–Crippen LogP) is 4.16. The molecule has 8 atom stereocenters. The Hall–Kier alpha value is -3.01. The van der Waals surface area contributed by atoms with Crippen molar-refractivity contribution in [1.82, 2.24) is 9.80 Å². The second-order valence-corrected chi connectivity index (χ2v) is 13.0. The van der Waals surface area contributed by atoms with Gasteiger partial charge in [0.15, 0.2) is 0 Å². The number of aliphatic hydroxyl groups excluding tert-OH is 1. The Morgan fingerprint density at radius 2 is 1.86 bits per heavy atom. The van der Waals surface area contributed by atoms with E-state index in [1.165, 1.54) is 0 Å². The van der Waals surface area contributed by atoms with E-state index in [1.54, 1.807) is 33.9 Å². The Morgan fingerprint density at radius 3 is 2.50 bits per heavy atom. The minimum atomic E-state index is -1.22. The Labute approximate surface area is 256 Å². The summed E-state index contributed by atoms with van der Waals surface area (Å²) in [6, 6.07) is 12.1. The van der Waals surface area contributed by atoms with Gasteiger partial charge in [-0.3, -0.25) is 14.4 Å². The number of likely N-dealkylation sites (tertiary alicyclic amines) is 1. The van der Waals surface area contributed by atoms with Gasteiger partial charge < -0.3 is 24.5 Å². The quantitative estimate of drug-likeness (QED) is 0.295. The van der Waals surface area contributed by atoms with Gasteiger partial charge in [0.05, 0.1) is 30.6 Å². The average Bonchev–Trinajstić information content (AvgIpc) is 3.58. The molecule has 3 aliphatic heterocycles. The molecule has 2 aromatic carbocycles. The highest BCUT2D eigenvalue weighted by Crippen LogP contribution is 2.61. The molecule has 0 aromatic heterocycles. The first-order chi connectivity index (χ1) is 20.1. The average molecular weight is 639 g/mol. The first kappa shape index (κ1) is 30.4. The van der Waals surface area contributed by atoms with Crippen molar-refractivity contribution >= 4 is 50.1 Å². The van der Waals surface area contributed by atoms with Crippen LogP contribution in [0.3, 0.4) is 0 Å². The van der Waals surface area contributed by atoms with Gasteiger partial charge >= 0.3 is 0 Å². The summed E-state index contributed by atoms with van der Waals surface area (Å²) in [5.41, 5.74) is -0.546. The normalized spacial score (nSPS) is 29.3.